The molecule has 0 saturated heterocycles. The molecule has 1 aromatic carbocycles. The van der Waals surface area contributed by atoms with Gasteiger partial charge < -0.3 is 4.74 Å². The lowest BCUT2D eigenvalue weighted by atomic mass is 10.1. The van der Waals surface area contributed by atoms with Crippen molar-refractivity contribution in [2.45, 2.75) is 26.4 Å². The number of halogens is 2. The van der Waals surface area contributed by atoms with E-state index in [-0.39, 0.29) is 5.69 Å². The highest BCUT2D eigenvalue weighted by Gasteiger charge is 2.20. The van der Waals surface area contributed by atoms with Crippen molar-refractivity contribution in [3.8, 4) is 0 Å². The summed E-state index contributed by atoms with van der Waals surface area (Å²) in [5.41, 5.74) is 0.0457. The maximum Gasteiger partial charge on any atom is 0.412 e. The van der Waals surface area contributed by atoms with E-state index in [1.807, 2.05) is 0 Å². The monoisotopic (exact) mass is 287 g/mol. The number of carbonyl (C=O) groups excluding carboxylic acids is 2. The molecule has 0 aliphatic carbocycles. The minimum absolute atomic E-state index is 0.390. The number of amides is 2. The molecule has 1 aromatic rings. The van der Waals surface area contributed by atoms with Crippen LogP contribution in [0.2, 0.25) is 0 Å². The van der Waals surface area contributed by atoms with Gasteiger partial charge in [0.1, 0.15) is 17.2 Å². The van der Waals surface area contributed by atoms with Gasteiger partial charge in [0.15, 0.2) is 0 Å². The zero-order valence-electron chi connectivity index (χ0n) is 11.2. The molecule has 1 rings (SSSR count). The van der Waals surface area contributed by atoms with E-state index in [0.29, 0.717) is 6.07 Å². The fourth-order valence-electron chi connectivity index (χ4n) is 1.31. The number of ether oxygens (including phenoxy) is 1. The number of hydrogen-bond donors (Lipinski definition) is 3. The molecule has 0 aliphatic heterocycles. The first-order valence-corrected chi connectivity index (χ1v) is 5.64. The van der Waals surface area contributed by atoms with Crippen molar-refractivity contribution < 1.29 is 23.1 Å². The van der Waals surface area contributed by atoms with Crippen LogP contribution in [0, 0.1) is 11.6 Å². The highest BCUT2D eigenvalue weighted by Crippen LogP contribution is 2.20. The molecule has 0 atom stereocenters. The second-order valence-corrected chi connectivity index (χ2v) is 4.91. The molecule has 0 aliphatic rings. The third kappa shape index (κ3) is 4.16. The number of nitrogen functional groups attached to an aromatic ring is 1. The third-order valence-electron chi connectivity index (χ3n) is 2.07. The van der Waals surface area contributed by atoms with Crippen LogP contribution in [-0.2, 0) is 4.74 Å². The molecule has 8 heteroatoms. The SMILES string of the molecule is CC(C)(C)OC(=O)Nc1cc(C(=O)NN)c(F)cc1F. The quantitative estimate of drug-likeness (QED) is 0.440. The first-order valence-electron chi connectivity index (χ1n) is 5.64. The Morgan fingerprint density at radius 1 is 1.20 bits per heavy atom. The van der Waals surface area contributed by atoms with E-state index in [4.69, 9.17) is 10.6 Å². The van der Waals surface area contributed by atoms with Crippen LogP contribution in [-0.4, -0.2) is 17.6 Å². The zero-order chi connectivity index (χ0) is 15.5. The number of benzene rings is 1. The second kappa shape index (κ2) is 5.83. The molecule has 0 fully saturated rings. The topological polar surface area (TPSA) is 93.4 Å². The van der Waals surface area contributed by atoms with Gasteiger partial charge in [0, 0.05) is 6.07 Å². The molecule has 0 bridgehead atoms. The fourth-order valence-corrected chi connectivity index (χ4v) is 1.31. The first-order chi connectivity index (χ1) is 9.14. The Morgan fingerprint density at radius 2 is 1.80 bits per heavy atom. The standard InChI is InChI=1S/C12H15F2N3O3/c1-12(2,3)20-11(19)16-9-4-6(10(18)17-15)7(13)5-8(9)14/h4-5H,15H2,1-3H3,(H,16,19)(H,17,18). The molecule has 0 aromatic heterocycles. The van der Waals surface area contributed by atoms with Crippen LogP contribution in [0.3, 0.4) is 0 Å². The third-order valence-corrected chi connectivity index (χ3v) is 2.07. The van der Waals surface area contributed by atoms with E-state index in [1.54, 1.807) is 26.2 Å². The lowest BCUT2D eigenvalue weighted by Crippen LogP contribution is -2.31. The maximum atomic E-state index is 13.5. The normalized spacial score (nSPS) is 10.9. The Morgan fingerprint density at radius 3 is 2.30 bits per heavy atom. The van der Waals surface area contributed by atoms with Crippen molar-refractivity contribution in [3.05, 3.63) is 29.3 Å². The van der Waals surface area contributed by atoms with Gasteiger partial charge in [0.2, 0.25) is 0 Å². The van der Waals surface area contributed by atoms with Gasteiger partial charge in [-0.15, -0.1) is 0 Å². The van der Waals surface area contributed by atoms with Gasteiger partial charge in [-0.3, -0.25) is 15.5 Å². The summed E-state index contributed by atoms with van der Waals surface area (Å²) < 4.78 is 31.8. The molecule has 6 nitrogen and oxygen atoms in total. The van der Waals surface area contributed by atoms with Crippen LogP contribution in [0.15, 0.2) is 12.1 Å². The molecule has 0 heterocycles. The molecule has 4 N–H and O–H groups in total. The van der Waals surface area contributed by atoms with Crippen LogP contribution in [0.5, 0.6) is 0 Å². The lowest BCUT2D eigenvalue weighted by molar-refractivity contribution is 0.0634. The van der Waals surface area contributed by atoms with Gasteiger partial charge in [0.25, 0.3) is 5.91 Å². The predicted molar refractivity (Wildman–Crippen MR) is 67.9 cm³/mol. The lowest BCUT2D eigenvalue weighted by Gasteiger charge is -2.20. The van der Waals surface area contributed by atoms with Crippen LogP contribution >= 0.6 is 0 Å². The summed E-state index contributed by atoms with van der Waals surface area (Å²) in [5, 5.41) is 2.09. The number of rotatable bonds is 2. The van der Waals surface area contributed by atoms with E-state index in [0.717, 1.165) is 6.07 Å². The van der Waals surface area contributed by atoms with E-state index in [1.165, 1.54) is 0 Å². The Bertz CT molecular complexity index is 541. The van der Waals surface area contributed by atoms with E-state index >= 15 is 0 Å². The number of anilines is 1. The van der Waals surface area contributed by atoms with Crippen molar-refractivity contribution in [1.82, 2.24) is 5.43 Å². The molecule has 0 unspecified atom stereocenters. The van der Waals surface area contributed by atoms with Crippen molar-refractivity contribution >= 4 is 17.7 Å². The second-order valence-electron chi connectivity index (χ2n) is 4.91. The molecule has 0 saturated carbocycles. The number of nitrogens with one attached hydrogen (secondary N) is 2. The number of carbonyl (C=O) groups is 2. The molecule has 0 spiro atoms. The van der Waals surface area contributed by atoms with Gasteiger partial charge in [0.05, 0.1) is 11.3 Å². The smallest absolute Gasteiger partial charge is 0.412 e. The first kappa shape index (κ1) is 15.8. The van der Waals surface area contributed by atoms with Gasteiger partial charge in [-0.1, -0.05) is 0 Å². The molecule has 2 amide bonds. The van der Waals surface area contributed by atoms with E-state index in [2.05, 4.69) is 5.32 Å². The number of nitrogens with two attached hydrogens (primary N) is 1. The highest BCUT2D eigenvalue weighted by molar-refractivity contribution is 5.96. The van der Waals surface area contributed by atoms with Crippen molar-refractivity contribution in [3.63, 3.8) is 0 Å². The molecular formula is C12H15F2N3O3. The minimum atomic E-state index is -1.10. The van der Waals surface area contributed by atoms with Gasteiger partial charge in [-0.05, 0) is 26.8 Å². The van der Waals surface area contributed by atoms with Crippen molar-refractivity contribution in [1.29, 1.82) is 0 Å². The highest BCUT2D eigenvalue weighted by atomic mass is 19.1. The van der Waals surface area contributed by atoms with Crippen LogP contribution in [0.1, 0.15) is 31.1 Å². The summed E-state index contributed by atoms with van der Waals surface area (Å²) in [6, 6.07) is 1.30. The Kier molecular flexibility index (Phi) is 4.61. The van der Waals surface area contributed by atoms with Crippen LogP contribution in [0.25, 0.3) is 0 Å². The van der Waals surface area contributed by atoms with Crippen molar-refractivity contribution in [2.24, 2.45) is 5.84 Å². The predicted octanol–water partition coefficient (Wildman–Crippen LogP) is 1.92. The molecular weight excluding hydrogens is 272 g/mol. The van der Waals surface area contributed by atoms with Gasteiger partial charge >= 0.3 is 6.09 Å². The largest absolute Gasteiger partial charge is 0.444 e. The van der Waals surface area contributed by atoms with Crippen molar-refractivity contribution in [2.75, 3.05) is 5.32 Å². The maximum absolute atomic E-state index is 13.5. The molecule has 110 valence electrons. The van der Waals surface area contributed by atoms with E-state index < -0.39 is 34.8 Å². The molecule has 20 heavy (non-hydrogen) atoms. The van der Waals surface area contributed by atoms with Crippen LogP contribution < -0.4 is 16.6 Å². The summed E-state index contributed by atoms with van der Waals surface area (Å²) in [6.07, 6.45) is -0.929. The average molecular weight is 287 g/mol. The Hall–Kier alpha value is -2.22. The number of hydrazine groups is 1. The van der Waals surface area contributed by atoms with E-state index in [9.17, 15) is 18.4 Å². The van der Waals surface area contributed by atoms with Crippen LogP contribution in [0.4, 0.5) is 19.3 Å². The average Bonchev–Trinajstić information content (AvgIpc) is 2.29. The summed E-state index contributed by atoms with van der Waals surface area (Å²) in [7, 11) is 0. The summed E-state index contributed by atoms with van der Waals surface area (Å²) in [6.45, 7) is 4.88. The fraction of sp³-hybridized carbons (Fsp3) is 0.333. The van der Waals surface area contributed by atoms with Gasteiger partial charge in [-0.2, -0.15) is 0 Å². The Labute approximate surface area is 114 Å². The summed E-state index contributed by atoms with van der Waals surface area (Å²) in [5.74, 6) is 1.79. The zero-order valence-corrected chi connectivity index (χ0v) is 11.2. The summed E-state index contributed by atoms with van der Waals surface area (Å²) >= 11 is 0. The minimum Gasteiger partial charge on any atom is -0.444 e. The summed E-state index contributed by atoms with van der Waals surface area (Å²) in [4.78, 5) is 22.8. The number of hydrogen-bond acceptors (Lipinski definition) is 4. The van der Waals surface area contributed by atoms with Gasteiger partial charge in [-0.25, -0.2) is 19.4 Å². The molecule has 0 radical (unpaired) electrons. The Balaban J connectivity index is 3.01.